The molecule has 110 valence electrons. The maximum atomic E-state index is 12.0. The quantitative estimate of drug-likeness (QED) is 0.834. The van der Waals surface area contributed by atoms with Crippen molar-refractivity contribution in [3.8, 4) is 0 Å². The number of halogens is 1. The van der Waals surface area contributed by atoms with Crippen LogP contribution in [0.4, 0.5) is 5.69 Å². The highest BCUT2D eigenvalue weighted by Gasteiger charge is 2.19. The lowest BCUT2D eigenvalue weighted by atomic mass is 10.2. The molecule has 0 aromatic heterocycles. The number of anilines is 1. The Morgan fingerprint density at radius 2 is 1.90 bits per heavy atom. The fraction of sp³-hybridized carbons (Fsp3) is 0.333. The highest BCUT2D eigenvalue weighted by atomic mass is 35.5. The summed E-state index contributed by atoms with van der Waals surface area (Å²) in [5, 5.41) is 2.61. The summed E-state index contributed by atoms with van der Waals surface area (Å²) in [7, 11) is -0.817. The molecule has 0 aliphatic heterocycles. The van der Waals surface area contributed by atoms with E-state index in [1.165, 1.54) is 39.2 Å². The van der Waals surface area contributed by atoms with E-state index >= 15 is 0 Å². The molecule has 0 radical (unpaired) electrons. The molecule has 0 spiro atoms. The van der Waals surface area contributed by atoms with Gasteiger partial charge in [-0.25, -0.2) is 12.7 Å². The molecule has 0 aliphatic rings. The van der Waals surface area contributed by atoms with Crippen molar-refractivity contribution in [1.29, 1.82) is 0 Å². The van der Waals surface area contributed by atoms with Gasteiger partial charge in [-0.05, 0) is 25.1 Å². The number of Topliss-reactive ketones (excluding diaryl/α,β-unsaturated/α-hetero) is 1. The molecular weight excluding hydrogens is 304 g/mol. The largest absolute Gasteiger partial charge is 0.324 e. The molecule has 0 saturated carbocycles. The first-order valence-electron chi connectivity index (χ1n) is 5.66. The van der Waals surface area contributed by atoms with Crippen LogP contribution in [0, 0.1) is 0 Å². The number of sulfonamides is 1. The highest BCUT2D eigenvalue weighted by molar-refractivity contribution is 7.89. The Morgan fingerprint density at radius 1 is 1.30 bits per heavy atom. The first kappa shape index (κ1) is 16.6. The van der Waals surface area contributed by atoms with Crippen molar-refractivity contribution in [2.75, 3.05) is 19.4 Å². The molecule has 0 atom stereocenters. The molecule has 1 rings (SSSR count). The summed E-state index contributed by atoms with van der Waals surface area (Å²) in [5.41, 5.74) is 0.154. The summed E-state index contributed by atoms with van der Waals surface area (Å²) in [6, 6.07) is 3.98. The zero-order valence-corrected chi connectivity index (χ0v) is 12.9. The van der Waals surface area contributed by atoms with Gasteiger partial charge in [-0.3, -0.25) is 9.59 Å². The van der Waals surface area contributed by atoms with E-state index in [0.29, 0.717) is 0 Å². The summed E-state index contributed by atoms with van der Waals surface area (Å²) in [6.07, 6.45) is -0.291. The van der Waals surface area contributed by atoms with Gasteiger partial charge in [0.15, 0.2) is 0 Å². The number of nitrogens with zero attached hydrogens (tertiary/aromatic N) is 1. The van der Waals surface area contributed by atoms with Crippen LogP contribution in [0.3, 0.4) is 0 Å². The topological polar surface area (TPSA) is 83.5 Å². The van der Waals surface area contributed by atoms with E-state index in [-0.39, 0.29) is 27.8 Å². The third-order valence-corrected chi connectivity index (χ3v) is 4.54. The van der Waals surface area contributed by atoms with E-state index in [9.17, 15) is 18.0 Å². The number of carbonyl (C=O) groups is 2. The number of hydrogen-bond donors (Lipinski definition) is 1. The van der Waals surface area contributed by atoms with Crippen LogP contribution in [0.2, 0.25) is 5.02 Å². The van der Waals surface area contributed by atoms with E-state index in [0.717, 1.165) is 4.31 Å². The van der Waals surface area contributed by atoms with Gasteiger partial charge in [0.2, 0.25) is 15.9 Å². The van der Waals surface area contributed by atoms with Crippen molar-refractivity contribution in [1.82, 2.24) is 4.31 Å². The van der Waals surface area contributed by atoms with Gasteiger partial charge in [0.05, 0.1) is 22.0 Å². The molecule has 20 heavy (non-hydrogen) atoms. The standard InChI is InChI=1S/C12H15ClN2O4S/c1-8(16)6-12(17)14-11-7-9(4-5-10(11)13)20(18,19)15(2)3/h4-5,7H,6H2,1-3H3,(H,14,17). The Labute approximate surface area is 122 Å². The van der Waals surface area contributed by atoms with E-state index in [2.05, 4.69) is 5.32 Å². The lowest BCUT2D eigenvalue weighted by Gasteiger charge is -2.13. The fourth-order valence-electron chi connectivity index (χ4n) is 1.39. The molecule has 0 fully saturated rings. The Balaban J connectivity index is 3.10. The van der Waals surface area contributed by atoms with Crippen LogP contribution in [0.1, 0.15) is 13.3 Å². The van der Waals surface area contributed by atoms with E-state index in [1.54, 1.807) is 0 Å². The number of rotatable bonds is 5. The number of nitrogens with one attached hydrogen (secondary N) is 1. The SMILES string of the molecule is CC(=O)CC(=O)Nc1cc(S(=O)(=O)N(C)C)ccc1Cl. The number of carbonyl (C=O) groups excluding carboxylic acids is 2. The van der Waals surface area contributed by atoms with Crippen LogP contribution in [-0.2, 0) is 19.6 Å². The van der Waals surface area contributed by atoms with Crippen molar-refractivity contribution in [2.45, 2.75) is 18.2 Å². The summed E-state index contributed by atoms with van der Waals surface area (Å²) in [5.74, 6) is -0.838. The minimum Gasteiger partial charge on any atom is -0.324 e. The summed E-state index contributed by atoms with van der Waals surface area (Å²) in [6.45, 7) is 1.29. The predicted molar refractivity (Wildman–Crippen MR) is 76.3 cm³/mol. The van der Waals surface area contributed by atoms with E-state index in [4.69, 9.17) is 11.6 Å². The van der Waals surface area contributed by atoms with Crippen molar-refractivity contribution in [3.05, 3.63) is 23.2 Å². The average Bonchev–Trinajstić information content (AvgIpc) is 2.30. The fourth-order valence-corrected chi connectivity index (χ4v) is 2.49. The molecule has 0 saturated heterocycles. The highest BCUT2D eigenvalue weighted by Crippen LogP contribution is 2.26. The molecule has 8 heteroatoms. The second-order valence-corrected chi connectivity index (χ2v) is 6.92. The zero-order chi connectivity index (χ0) is 15.5. The van der Waals surface area contributed by atoms with Crippen molar-refractivity contribution in [2.24, 2.45) is 0 Å². The smallest absolute Gasteiger partial charge is 0.242 e. The third kappa shape index (κ3) is 4.03. The van der Waals surface area contributed by atoms with Gasteiger partial charge in [-0.2, -0.15) is 0 Å². The normalized spacial score (nSPS) is 11.4. The van der Waals surface area contributed by atoms with Crippen LogP contribution in [-0.4, -0.2) is 38.5 Å². The van der Waals surface area contributed by atoms with Gasteiger partial charge in [-0.15, -0.1) is 0 Å². The van der Waals surface area contributed by atoms with Crippen LogP contribution < -0.4 is 5.32 Å². The number of ketones is 1. The summed E-state index contributed by atoms with van der Waals surface area (Å²) < 4.78 is 25.0. The second kappa shape index (κ2) is 6.34. The first-order valence-corrected chi connectivity index (χ1v) is 7.47. The first-order chi connectivity index (χ1) is 9.14. The number of amides is 1. The lowest BCUT2D eigenvalue weighted by molar-refractivity contribution is -0.124. The average molecular weight is 319 g/mol. The minimum absolute atomic E-state index is 0.00465. The Kier molecular flexibility index (Phi) is 5.27. The lowest BCUT2D eigenvalue weighted by Crippen LogP contribution is -2.22. The minimum atomic E-state index is -3.62. The molecular formula is C12H15ClN2O4S. The van der Waals surface area contributed by atoms with Gasteiger partial charge in [0.1, 0.15) is 5.78 Å². The Morgan fingerprint density at radius 3 is 2.40 bits per heavy atom. The Bertz CT molecular complexity index is 641. The zero-order valence-electron chi connectivity index (χ0n) is 11.3. The molecule has 0 aliphatic carbocycles. The Hall–Kier alpha value is -1.44. The molecule has 6 nitrogen and oxygen atoms in total. The monoisotopic (exact) mass is 318 g/mol. The van der Waals surface area contributed by atoms with Gasteiger partial charge in [0, 0.05) is 14.1 Å². The van der Waals surface area contributed by atoms with Crippen molar-refractivity contribution < 1.29 is 18.0 Å². The van der Waals surface area contributed by atoms with E-state index in [1.807, 2.05) is 0 Å². The second-order valence-electron chi connectivity index (χ2n) is 4.36. The molecule has 0 unspecified atom stereocenters. The maximum absolute atomic E-state index is 12.0. The number of hydrogen-bond acceptors (Lipinski definition) is 4. The molecule has 1 aromatic rings. The molecule has 1 amide bonds. The van der Waals surface area contributed by atoms with Gasteiger partial charge in [0.25, 0.3) is 0 Å². The predicted octanol–water partition coefficient (Wildman–Crippen LogP) is 1.51. The van der Waals surface area contributed by atoms with Crippen molar-refractivity contribution in [3.63, 3.8) is 0 Å². The maximum Gasteiger partial charge on any atom is 0.242 e. The molecule has 0 bridgehead atoms. The van der Waals surface area contributed by atoms with Gasteiger partial charge >= 0.3 is 0 Å². The third-order valence-electron chi connectivity index (χ3n) is 2.40. The van der Waals surface area contributed by atoms with E-state index < -0.39 is 15.9 Å². The summed E-state index contributed by atoms with van der Waals surface area (Å²) >= 11 is 5.90. The molecule has 1 aromatic carbocycles. The number of benzene rings is 1. The van der Waals surface area contributed by atoms with Gasteiger partial charge < -0.3 is 5.32 Å². The molecule has 0 heterocycles. The van der Waals surface area contributed by atoms with Gasteiger partial charge in [-0.1, -0.05) is 11.6 Å². The van der Waals surface area contributed by atoms with Crippen LogP contribution in [0.5, 0.6) is 0 Å². The summed E-state index contributed by atoms with van der Waals surface area (Å²) in [4.78, 5) is 22.4. The van der Waals surface area contributed by atoms with Crippen molar-refractivity contribution >= 4 is 39.0 Å². The van der Waals surface area contributed by atoms with Crippen LogP contribution in [0.25, 0.3) is 0 Å². The molecule has 1 N–H and O–H groups in total. The van der Waals surface area contributed by atoms with Crippen LogP contribution in [0.15, 0.2) is 23.1 Å². The van der Waals surface area contributed by atoms with Crippen LogP contribution >= 0.6 is 11.6 Å².